The van der Waals surface area contributed by atoms with Gasteiger partial charge in [0.25, 0.3) is 0 Å². The van der Waals surface area contributed by atoms with Gasteiger partial charge in [0.15, 0.2) is 0 Å². The monoisotopic (exact) mass is 344 g/mol. The summed E-state index contributed by atoms with van der Waals surface area (Å²) in [6.07, 6.45) is 1.75. The predicted molar refractivity (Wildman–Crippen MR) is 88.6 cm³/mol. The van der Waals surface area contributed by atoms with E-state index in [0.717, 1.165) is 12.8 Å². The number of halogens is 2. The quantitative estimate of drug-likeness (QED) is 0.697. The molecule has 0 aliphatic carbocycles. The summed E-state index contributed by atoms with van der Waals surface area (Å²) in [5.74, 6) is 1.12. The number of carbonyl (C=O) groups is 1. The van der Waals surface area contributed by atoms with Gasteiger partial charge in [0.05, 0.1) is 5.02 Å². The van der Waals surface area contributed by atoms with Gasteiger partial charge in [-0.15, -0.1) is 0 Å². The molecule has 4 atom stereocenters. The van der Waals surface area contributed by atoms with Gasteiger partial charge in [-0.3, -0.25) is 4.79 Å². The van der Waals surface area contributed by atoms with Crippen LogP contribution in [0.25, 0.3) is 0 Å². The first kappa shape index (κ1) is 17.4. The Kier molecular flexibility index (Phi) is 5.99. The number of cyclic esters (lactones) is 1. The molecule has 0 amide bonds. The van der Waals surface area contributed by atoms with Crippen molar-refractivity contribution < 1.29 is 14.3 Å². The summed E-state index contributed by atoms with van der Waals surface area (Å²) >= 11 is 12.1. The number of ether oxygens (including phenoxy) is 2. The summed E-state index contributed by atoms with van der Waals surface area (Å²) in [5.41, 5.74) is 0. The van der Waals surface area contributed by atoms with Crippen LogP contribution in [0.1, 0.15) is 40.0 Å². The Morgan fingerprint density at radius 2 is 1.95 bits per heavy atom. The molecule has 0 spiro atoms. The molecule has 1 aliphatic heterocycles. The van der Waals surface area contributed by atoms with Crippen molar-refractivity contribution in [3.05, 3.63) is 28.2 Å². The molecule has 1 aromatic carbocycles. The van der Waals surface area contributed by atoms with Crippen molar-refractivity contribution in [1.82, 2.24) is 0 Å². The summed E-state index contributed by atoms with van der Waals surface area (Å²) in [4.78, 5) is 11.8. The lowest BCUT2D eigenvalue weighted by atomic mass is 9.89. The minimum Gasteiger partial charge on any atom is -0.485 e. The Morgan fingerprint density at radius 1 is 1.23 bits per heavy atom. The molecule has 1 heterocycles. The lowest BCUT2D eigenvalue weighted by Crippen LogP contribution is -2.38. The van der Waals surface area contributed by atoms with E-state index in [9.17, 15) is 4.79 Å². The molecule has 122 valence electrons. The molecule has 0 bridgehead atoms. The van der Waals surface area contributed by atoms with E-state index in [2.05, 4.69) is 13.8 Å². The summed E-state index contributed by atoms with van der Waals surface area (Å²) in [6.45, 7) is 6.16. The van der Waals surface area contributed by atoms with Gasteiger partial charge in [0.2, 0.25) is 0 Å². The zero-order valence-electron chi connectivity index (χ0n) is 13.1. The van der Waals surface area contributed by atoms with Crippen molar-refractivity contribution in [3.8, 4) is 5.75 Å². The Bertz CT molecular complexity index is 533. The maximum Gasteiger partial charge on any atom is 0.306 e. The third-order valence-electron chi connectivity index (χ3n) is 4.11. The van der Waals surface area contributed by atoms with Crippen LogP contribution in [0.4, 0.5) is 0 Å². The standard InChI is InChI=1S/C17H22Cl2O3/c1-10-4-7-16(20)21-12(3)17(11(2)8-10)22-15-6-5-13(18)9-14(15)19/h5-6,9-12,17H,4,7-8H2,1-3H3/t10?,11?,12?,17-/m1/s1. The van der Waals surface area contributed by atoms with Crippen molar-refractivity contribution in [3.63, 3.8) is 0 Å². The third kappa shape index (κ3) is 4.53. The average molecular weight is 345 g/mol. The molecular weight excluding hydrogens is 323 g/mol. The molecule has 0 radical (unpaired) electrons. The summed E-state index contributed by atoms with van der Waals surface area (Å²) in [7, 11) is 0. The molecule has 3 unspecified atom stereocenters. The van der Waals surface area contributed by atoms with E-state index in [0.29, 0.717) is 28.1 Å². The zero-order valence-corrected chi connectivity index (χ0v) is 14.7. The molecule has 1 fully saturated rings. The highest BCUT2D eigenvalue weighted by Crippen LogP contribution is 2.32. The van der Waals surface area contributed by atoms with Gasteiger partial charge in [-0.2, -0.15) is 0 Å². The van der Waals surface area contributed by atoms with Crippen LogP contribution in [0.2, 0.25) is 10.0 Å². The molecule has 1 saturated heterocycles. The van der Waals surface area contributed by atoms with Gasteiger partial charge in [-0.25, -0.2) is 0 Å². The fraction of sp³-hybridized carbons (Fsp3) is 0.588. The number of carbonyl (C=O) groups excluding carboxylic acids is 1. The second-order valence-corrected chi connectivity index (χ2v) is 7.05. The molecule has 1 aromatic rings. The minimum absolute atomic E-state index is 0.163. The number of rotatable bonds is 2. The van der Waals surface area contributed by atoms with Gasteiger partial charge >= 0.3 is 5.97 Å². The first-order valence-corrected chi connectivity index (χ1v) is 8.43. The maximum atomic E-state index is 11.8. The SMILES string of the molecule is CC1CCC(=O)OC(C)[C@H](Oc2ccc(Cl)cc2Cl)C(C)C1. The number of esters is 1. The van der Waals surface area contributed by atoms with E-state index in [1.54, 1.807) is 18.2 Å². The first-order chi connectivity index (χ1) is 10.4. The largest absolute Gasteiger partial charge is 0.485 e. The molecule has 0 N–H and O–H groups in total. The van der Waals surface area contributed by atoms with Crippen molar-refractivity contribution in [1.29, 1.82) is 0 Å². The lowest BCUT2D eigenvalue weighted by Gasteiger charge is -2.30. The van der Waals surface area contributed by atoms with Crippen molar-refractivity contribution in [2.45, 2.75) is 52.2 Å². The van der Waals surface area contributed by atoms with Crippen LogP contribution in [-0.2, 0) is 9.53 Å². The molecule has 2 rings (SSSR count). The molecule has 5 heteroatoms. The van der Waals surface area contributed by atoms with Gasteiger partial charge < -0.3 is 9.47 Å². The molecule has 0 saturated carbocycles. The zero-order chi connectivity index (χ0) is 16.3. The minimum atomic E-state index is -0.320. The maximum absolute atomic E-state index is 11.8. The molecule has 0 aromatic heterocycles. The van der Waals surface area contributed by atoms with E-state index in [4.69, 9.17) is 32.7 Å². The van der Waals surface area contributed by atoms with Crippen LogP contribution in [-0.4, -0.2) is 18.2 Å². The summed E-state index contributed by atoms with van der Waals surface area (Å²) in [6, 6.07) is 5.14. The van der Waals surface area contributed by atoms with Crippen LogP contribution in [0.5, 0.6) is 5.75 Å². The molecule has 3 nitrogen and oxygen atoms in total. The predicted octanol–water partition coefficient (Wildman–Crippen LogP) is 5.13. The van der Waals surface area contributed by atoms with Crippen LogP contribution >= 0.6 is 23.2 Å². The fourth-order valence-electron chi connectivity index (χ4n) is 2.98. The van der Waals surface area contributed by atoms with Crippen LogP contribution in [0.15, 0.2) is 18.2 Å². The normalized spacial score (nSPS) is 30.0. The second-order valence-electron chi connectivity index (χ2n) is 6.21. The third-order valence-corrected chi connectivity index (χ3v) is 4.64. The van der Waals surface area contributed by atoms with Crippen LogP contribution in [0, 0.1) is 11.8 Å². The Labute approximate surface area is 141 Å². The van der Waals surface area contributed by atoms with Crippen LogP contribution in [0.3, 0.4) is 0 Å². The summed E-state index contributed by atoms with van der Waals surface area (Å²) < 4.78 is 11.6. The number of hydrogen-bond donors (Lipinski definition) is 0. The Balaban J connectivity index is 2.21. The van der Waals surface area contributed by atoms with Gasteiger partial charge in [-0.1, -0.05) is 37.0 Å². The molecular formula is C17H22Cl2O3. The highest BCUT2D eigenvalue weighted by atomic mass is 35.5. The van der Waals surface area contributed by atoms with Crippen LogP contribution < -0.4 is 4.74 Å². The van der Waals surface area contributed by atoms with E-state index in [-0.39, 0.29) is 24.1 Å². The van der Waals surface area contributed by atoms with E-state index < -0.39 is 0 Å². The van der Waals surface area contributed by atoms with E-state index >= 15 is 0 Å². The Hall–Kier alpha value is -0.930. The molecule has 22 heavy (non-hydrogen) atoms. The van der Waals surface area contributed by atoms with E-state index in [1.165, 1.54) is 0 Å². The van der Waals surface area contributed by atoms with Crippen molar-refractivity contribution >= 4 is 29.2 Å². The smallest absolute Gasteiger partial charge is 0.306 e. The number of hydrogen-bond acceptors (Lipinski definition) is 3. The highest BCUT2D eigenvalue weighted by Gasteiger charge is 2.31. The summed E-state index contributed by atoms with van der Waals surface area (Å²) in [5, 5.41) is 1.03. The fourth-order valence-corrected chi connectivity index (χ4v) is 3.43. The lowest BCUT2D eigenvalue weighted by molar-refractivity contribution is -0.153. The van der Waals surface area contributed by atoms with Gasteiger partial charge in [0.1, 0.15) is 18.0 Å². The first-order valence-electron chi connectivity index (χ1n) is 7.68. The van der Waals surface area contributed by atoms with Crippen molar-refractivity contribution in [2.75, 3.05) is 0 Å². The van der Waals surface area contributed by atoms with Crippen molar-refractivity contribution in [2.24, 2.45) is 11.8 Å². The Morgan fingerprint density at radius 3 is 2.64 bits per heavy atom. The second kappa shape index (κ2) is 7.56. The molecule has 1 aliphatic rings. The van der Waals surface area contributed by atoms with Gasteiger partial charge in [0, 0.05) is 11.4 Å². The van der Waals surface area contributed by atoms with E-state index in [1.807, 2.05) is 6.92 Å². The highest BCUT2D eigenvalue weighted by molar-refractivity contribution is 6.35. The topological polar surface area (TPSA) is 35.5 Å². The van der Waals surface area contributed by atoms with Gasteiger partial charge in [-0.05, 0) is 49.8 Å². The number of benzene rings is 1. The average Bonchev–Trinajstić information content (AvgIpc) is 2.47.